The topological polar surface area (TPSA) is 61.0 Å². The van der Waals surface area contributed by atoms with Crippen LogP contribution in [0.4, 0.5) is 10.1 Å². The zero-order valence-corrected chi connectivity index (χ0v) is 13.4. The molecule has 2 aromatic rings. The van der Waals surface area contributed by atoms with Gasteiger partial charge in [0.25, 0.3) is 5.56 Å². The molecule has 122 valence electrons. The van der Waals surface area contributed by atoms with Gasteiger partial charge in [-0.15, -0.1) is 0 Å². The highest BCUT2D eigenvalue weighted by Gasteiger charge is 2.38. The number of aromatic amines is 1. The first-order chi connectivity index (χ1) is 11.1. The summed E-state index contributed by atoms with van der Waals surface area (Å²) in [5.41, 5.74) is 1.23. The highest BCUT2D eigenvalue weighted by molar-refractivity contribution is 5.97. The summed E-state index contributed by atoms with van der Waals surface area (Å²) in [7, 11) is 2.15. The first-order valence-electron chi connectivity index (χ1n) is 8.25. The van der Waals surface area contributed by atoms with E-state index in [1.807, 2.05) is 0 Å². The van der Waals surface area contributed by atoms with Crippen molar-refractivity contribution in [2.24, 2.45) is 0 Å². The van der Waals surface area contributed by atoms with Crippen LogP contribution in [0.2, 0.25) is 0 Å². The molecule has 1 fully saturated rings. The van der Waals surface area contributed by atoms with Crippen LogP contribution in [-0.4, -0.2) is 40.8 Å². The fourth-order valence-electron chi connectivity index (χ4n) is 4.29. The molecule has 1 aromatic carbocycles. The molecule has 23 heavy (non-hydrogen) atoms. The molecule has 0 amide bonds. The summed E-state index contributed by atoms with van der Waals surface area (Å²) in [4.78, 5) is 14.5. The summed E-state index contributed by atoms with van der Waals surface area (Å²) in [5.74, 6) is -0.222. The van der Waals surface area contributed by atoms with Crippen molar-refractivity contribution < 1.29 is 4.39 Å². The minimum Gasteiger partial charge on any atom is -0.381 e. The van der Waals surface area contributed by atoms with Crippen LogP contribution in [0, 0.1) is 5.82 Å². The maximum Gasteiger partial charge on any atom is 0.272 e. The monoisotopic (exact) mass is 316 g/mol. The van der Waals surface area contributed by atoms with Crippen LogP contribution >= 0.6 is 0 Å². The maximum absolute atomic E-state index is 13.8. The lowest BCUT2D eigenvalue weighted by Gasteiger charge is -2.43. The Morgan fingerprint density at radius 2 is 2.17 bits per heavy atom. The van der Waals surface area contributed by atoms with Crippen molar-refractivity contribution >= 4 is 16.5 Å². The Morgan fingerprint density at radius 1 is 1.35 bits per heavy atom. The van der Waals surface area contributed by atoms with Gasteiger partial charge in [-0.25, -0.2) is 9.49 Å². The Morgan fingerprint density at radius 3 is 2.96 bits per heavy atom. The van der Waals surface area contributed by atoms with Crippen molar-refractivity contribution in [1.82, 2.24) is 15.1 Å². The lowest BCUT2D eigenvalue weighted by molar-refractivity contribution is 0.150. The second kappa shape index (κ2) is 5.30. The van der Waals surface area contributed by atoms with E-state index in [2.05, 4.69) is 34.4 Å². The number of anilines is 1. The molecule has 1 saturated heterocycles. The summed E-state index contributed by atoms with van der Waals surface area (Å²) in [6.45, 7) is 3.19. The number of hydrogen-bond donors (Lipinski definition) is 2. The number of hydrogen-bond acceptors (Lipinski definition) is 4. The van der Waals surface area contributed by atoms with Gasteiger partial charge in [-0.2, -0.15) is 5.10 Å². The van der Waals surface area contributed by atoms with Gasteiger partial charge in [-0.3, -0.25) is 4.79 Å². The Kier molecular flexibility index (Phi) is 3.37. The van der Waals surface area contributed by atoms with Crippen LogP contribution in [-0.2, 0) is 0 Å². The molecule has 2 aliphatic heterocycles. The molecule has 6 heteroatoms. The summed E-state index contributed by atoms with van der Waals surface area (Å²) in [6.07, 6.45) is 3.55. The average Bonchev–Trinajstić information content (AvgIpc) is 2.51. The molecule has 0 spiro atoms. The van der Waals surface area contributed by atoms with Crippen LogP contribution in [0.25, 0.3) is 10.8 Å². The molecule has 3 heterocycles. The molecule has 0 bridgehead atoms. The molecule has 4 rings (SSSR count). The van der Waals surface area contributed by atoms with Crippen LogP contribution in [0.5, 0.6) is 0 Å². The molecule has 0 saturated carbocycles. The third-order valence-corrected chi connectivity index (χ3v) is 5.36. The number of halogens is 1. The van der Waals surface area contributed by atoms with Crippen LogP contribution < -0.4 is 10.9 Å². The fourth-order valence-corrected chi connectivity index (χ4v) is 4.29. The Labute approximate surface area is 133 Å². The van der Waals surface area contributed by atoms with Crippen molar-refractivity contribution in [2.45, 2.75) is 44.2 Å². The summed E-state index contributed by atoms with van der Waals surface area (Å²) in [6, 6.07) is 3.29. The normalized spacial score (nSPS) is 27.9. The number of aromatic nitrogens is 2. The predicted octanol–water partition coefficient (Wildman–Crippen LogP) is 2.44. The van der Waals surface area contributed by atoms with E-state index in [1.165, 1.54) is 25.0 Å². The number of likely N-dealkylation sites (N-methyl/N-ethyl adjacent to an activating group) is 1. The quantitative estimate of drug-likeness (QED) is 0.848. The Hall–Kier alpha value is -1.95. The summed E-state index contributed by atoms with van der Waals surface area (Å²) < 4.78 is 13.8. The third kappa shape index (κ3) is 2.24. The molecule has 0 radical (unpaired) electrons. The number of rotatable bonds is 1. The van der Waals surface area contributed by atoms with Gasteiger partial charge < -0.3 is 10.2 Å². The largest absolute Gasteiger partial charge is 0.381 e. The predicted molar refractivity (Wildman–Crippen MR) is 88.4 cm³/mol. The zero-order valence-electron chi connectivity index (χ0n) is 13.4. The lowest BCUT2D eigenvalue weighted by Crippen LogP contribution is -2.47. The fraction of sp³-hybridized carbons (Fsp3) is 0.529. The second-order valence-electron chi connectivity index (χ2n) is 6.82. The smallest absolute Gasteiger partial charge is 0.272 e. The van der Waals surface area contributed by atoms with Gasteiger partial charge in [0, 0.05) is 29.1 Å². The highest BCUT2D eigenvalue weighted by Crippen LogP contribution is 2.41. The van der Waals surface area contributed by atoms with Gasteiger partial charge >= 0.3 is 0 Å². The van der Waals surface area contributed by atoms with Crippen molar-refractivity contribution in [3.63, 3.8) is 0 Å². The summed E-state index contributed by atoms with van der Waals surface area (Å²) >= 11 is 0. The second-order valence-corrected chi connectivity index (χ2v) is 6.82. The molecule has 2 N–H and O–H groups in total. The average molecular weight is 316 g/mol. The van der Waals surface area contributed by atoms with Crippen molar-refractivity contribution in [3.05, 3.63) is 34.0 Å². The molecule has 5 nitrogen and oxygen atoms in total. The highest BCUT2D eigenvalue weighted by atomic mass is 19.1. The van der Waals surface area contributed by atoms with E-state index in [1.54, 1.807) is 0 Å². The minimum atomic E-state index is -0.400. The Balaban J connectivity index is 1.93. The number of H-pyrrole nitrogens is 1. The lowest BCUT2D eigenvalue weighted by atomic mass is 9.80. The standard InChI is InChI=1S/C17H21FN4O/c1-9-14(13-5-3-4-6-22(13)2)16-15-11(17(23)21-20-16)7-10(18)8-12(15)19-9/h7-9,13-14,19H,3-6H2,1-2H3,(H,21,23)/t9-,13-,14+/m0/s1. The van der Waals surface area contributed by atoms with E-state index in [-0.39, 0.29) is 17.5 Å². The molecular formula is C17H21FN4O. The maximum atomic E-state index is 13.8. The Bertz CT molecular complexity index is 818. The van der Waals surface area contributed by atoms with Crippen molar-refractivity contribution in [2.75, 3.05) is 18.9 Å². The molecule has 0 aliphatic carbocycles. The first-order valence-corrected chi connectivity index (χ1v) is 8.25. The van der Waals surface area contributed by atoms with Gasteiger partial charge in [0.1, 0.15) is 5.82 Å². The molecule has 0 unspecified atom stereocenters. The number of benzene rings is 1. The number of likely N-dealkylation sites (tertiary alicyclic amines) is 1. The van der Waals surface area contributed by atoms with Gasteiger partial charge in [0.2, 0.25) is 0 Å². The van der Waals surface area contributed by atoms with E-state index >= 15 is 0 Å². The van der Waals surface area contributed by atoms with Gasteiger partial charge in [0.05, 0.1) is 11.1 Å². The summed E-state index contributed by atoms with van der Waals surface area (Å²) in [5, 5.41) is 11.5. The number of nitrogens with zero attached hydrogens (tertiary/aromatic N) is 2. The van der Waals surface area contributed by atoms with Gasteiger partial charge in [0.15, 0.2) is 0 Å². The van der Waals surface area contributed by atoms with E-state index in [9.17, 15) is 9.18 Å². The van der Waals surface area contributed by atoms with Crippen LogP contribution in [0.3, 0.4) is 0 Å². The van der Waals surface area contributed by atoms with E-state index in [0.29, 0.717) is 17.1 Å². The van der Waals surface area contributed by atoms with Gasteiger partial charge in [-0.05, 0) is 45.5 Å². The SMILES string of the molecule is C[C@@H]1Nc2cc(F)cc3c(=O)[nH]nc(c23)[C@H]1[C@@H]1CCCCN1C. The van der Waals surface area contributed by atoms with E-state index < -0.39 is 5.82 Å². The number of piperidine rings is 1. The molecule has 1 aromatic heterocycles. The van der Waals surface area contributed by atoms with E-state index in [4.69, 9.17) is 0 Å². The van der Waals surface area contributed by atoms with Crippen LogP contribution in [0.15, 0.2) is 16.9 Å². The van der Waals surface area contributed by atoms with E-state index in [0.717, 1.165) is 24.0 Å². The molecule has 3 atom stereocenters. The van der Waals surface area contributed by atoms with Crippen molar-refractivity contribution in [1.29, 1.82) is 0 Å². The molecule has 2 aliphatic rings. The van der Waals surface area contributed by atoms with Crippen molar-refractivity contribution in [3.8, 4) is 0 Å². The third-order valence-electron chi connectivity index (χ3n) is 5.36. The van der Waals surface area contributed by atoms with Gasteiger partial charge in [-0.1, -0.05) is 6.42 Å². The molecular weight excluding hydrogens is 295 g/mol. The first kappa shape index (κ1) is 14.6. The minimum absolute atomic E-state index is 0.136. The zero-order chi connectivity index (χ0) is 16.1. The number of nitrogens with one attached hydrogen (secondary N) is 2. The van der Waals surface area contributed by atoms with Crippen LogP contribution in [0.1, 0.15) is 37.8 Å².